The molecule has 1 N–H and O–H groups in total. The number of aromatic nitrogens is 1. The van der Waals surface area contributed by atoms with Crippen molar-refractivity contribution in [2.75, 3.05) is 26.7 Å². The van der Waals surface area contributed by atoms with E-state index in [1.54, 1.807) is 7.11 Å². The summed E-state index contributed by atoms with van der Waals surface area (Å²) >= 11 is 0. The van der Waals surface area contributed by atoms with Crippen LogP contribution in [0.15, 0.2) is 46.9 Å². The summed E-state index contributed by atoms with van der Waals surface area (Å²) in [5.41, 5.74) is 2.61. The highest BCUT2D eigenvalue weighted by molar-refractivity contribution is 6.04. The number of carbonyl (C=O) groups is 1. The molecule has 3 aliphatic rings. The molecule has 2 bridgehead atoms. The minimum atomic E-state index is -0.0817. The van der Waals surface area contributed by atoms with Gasteiger partial charge in [-0.25, -0.2) is 4.98 Å². The average Bonchev–Trinajstić information content (AvgIpc) is 3.19. The molecular formula is C22H23N3O3. The maximum absolute atomic E-state index is 13.0. The SMILES string of the molecule is COc1ccc(-c2nc3cccc(C(=O)N[C@H]4CN5CCC4CC5)c3o2)cc1. The Hall–Kier alpha value is -2.86. The van der Waals surface area contributed by atoms with Crippen molar-refractivity contribution in [3.05, 3.63) is 48.0 Å². The van der Waals surface area contributed by atoms with Gasteiger partial charge in [0.25, 0.3) is 5.91 Å². The Labute approximate surface area is 163 Å². The highest BCUT2D eigenvalue weighted by Gasteiger charge is 2.35. The number of hydrogen-bond acceptors (Lipinski definition) is 5. The van der Waals surface area contributed by atoms with Gasteiger partial charge in [-0.3, -0.25) is 4.79 Å². The Balaban J connectivity index is 1.43. The Morgan fingerprint density at radius 2 is 1.96 bits per heavy atom. The van der Waals surface area contributed by atoms with Crippen molar-refractivity contribution in [1.29, 1.82) is 0 Å². The van der Waals surface area contributed by atoms with Crippen LogP contribution in [0.5, 0.6) is 5.75 Å². The van der Waals surface area contributed by atoms with E-state index >= 15 is 0 Å². The lowest BCUT2D eigenvalue weighted by Gasteiger charge is -2.44. The molecule has 6 nitrogen and oxygen atoms in total. The number of hydrogen-bond donors (Lipinski definition) is 1. The van der Waals surface area contributed by atoms with Gasteiger partial charge < -0.3 is 19.4 Å². The molecule has 0 aliphatic carbocycles. The third kappa shape index (κ3) is 3.03. The molecule has 3 aromatic rings. The standard InChI is InChI=1S/C22H23N3O3/c1-27-16-7-5-15(6-8-16)22-24-18-4-2-3-17(20(18)28-22)21(26)23-19-13-25-11-9-14(19)10-12-25/h2-8,14,19H,9-13H2,1H3,(H,23,26)/t19-/m0/s1. The number of benzene rings is 2. The molecular weight excluding hydrogens is 354 g/mol. The summed E-state index contributed by atoms with van der Waals surface area (Å²) in [6, 6.07) is 13.3. The molecule has 1 amide bonds. The Bertz CT molecular complexity index is 1000. The monoisotopic (exact) mass is 377 g/mol. The third-order valence-electron chi connectivity index (χ3n) is 5.97. The lowest BCUT2D eigenvalue weighted by atomic mass is 9.84. The molecule has 6 rings (SSSR count). The number of nitrogens with one attached hydrogen (secondary N) is 1. The lowest BCUT2D eigenvalue weighted by molar-refractivity contribution is 0.0621. The largest absolute Gasteiger partial charge is 0.497 e. The molecule has 4 heterocycles. The second-order valence-corrected chi connectivity index (χ2v) is 7.62. The van der Waals surface area contributed by atoms with E-state index in [2.05, 4.69) is 15.2 Å². The summed E-state index contributed by atoms with van der Waals surface area (Å²) in [6.45, 7) is 3.25. The fraction of sp³-hybridized carbons (Fsp3) is 0.364. The first-order chi connectivity index (χ1) is 13.7. The first-order valence-corrected chi connectivity index (χ1v) is 9.78. The zero-order chi connectivity index (χ0) is 19.1. The molecule has 28 heavy (non-hydrogen) atoms. The number of rotatable bonds is 4. The van der Waals surface area contributed by atoms with Crippen LogP contribution < -0.4 is 10.1 Å². The number of para-hydroxylation sites is 1. The first-order valence-electron chi connectivity index (χ1n) is 9.78. The molecule has 2 aromatic carbocycles. The zero-order valence-electron chi connectivity index (χ0n) is 15.9. The van der Waals surface area contributed by atoms with E-state index in [9.17, 15) is 4.79 Å². The first kappa shape index (κ1) is 17.3. The van der Waals surface area contributed by atoms with Gasteiger partial charge in [0, 0.05) is 18.2 Å². The Morgan fingerprint density at radius 3 is 2.64 bits per heavy atom. The third-order valence-corrected chi connectivity index (χ3v) is 5.97. The molecule has 1 atom stereocenters. The highest BCUT2D eigenvalue weighted by atomic mass is 16.5. The summed E-state index contributed by atoms with van der Waals surface area (Å²) in [7, 11) is 1.63. The second kappa shape index (κ2) is 6.95. The lowest BCUT2D eigenvalue weighted by Crippen LogP contribution is -2.57. The van der Waals surface area contributed by atoms with Crippen molar-refractivity contribution in [2.45, 2.75) is 18.9 Å². The van der Waals surface area contributed by atoms with Gasteiger partial charge in [-0.05, 0) is 68.2 Å². The van der Waals surface area contributed by atoms with Crippen LogP contribution in [-0.4, -0.2) is 48.6 Å². The van der Waals surface area contributed by atoms with Gasteiger partial charge >= 0.3 is 0 Å². The fourth-order valence-electron chi connectivity index (χ4n) is 4.36. The van der Waals surface area contributed by atoms with E-state index in [0.29, 0.717) is 28.5 Å². The van der Waals surface area contributed by atoms with Crippen molar-refractivity contribution in [1.82, 2.24) is 15.2 Å². The van der Waals surface area contributed by atoms with Crippen molar-refractivity contribution >= 4 is 17.0 Å². The quantitative estimate of drug-likeness (QED) is 0.755. The van der Waals surface area contributed by atoms with E-state index in [-0.39, 0.29) is 11.9 Å². The molecule has 3 saturated heterocycles. The van der Waals surface area contributed by atoms with Gasteiger partial charge in [-0.2, -0.15) is 0 Å². The summed E-state index contributed by atoms with van der Waals surface area (Å²) in [6.07, 6.45) is 2.33. The van der Waals surface area contributed by atoms with Crippen LogP contribution in [-0.2, 0) is 0 Å². The summed E-state index contributed by atoms with van der Waals surface area (Å²) in [5.74, 6) is 1.78. The maximum Gasteiger partial charge on any atom is 0.255 e. The van der Waals surface area contributed by atoms with E-state index in [0.717, 1.165) is 30.9 Å². The van der Waals surface area contributed by atoms with Crippen molar-refractivity contribution in [2.24, 2.45) is 5.92 Å². The average molecular weight is 377 g/mol. The summed E-state index contributed by atoms with van der Waals surface area (Å²) in [5, 5.41) is 3.24. The van der Waals surface area contributed by atoms with Gasteiger partial charge in [-0.15, -0.1) is 0 Å². The smallest absolute Gasteiger partial charge is 0.255 e. The molecule has 144 valence electrons. The topological polar surface area (TPSA) is 67.6 Å². The van der Waals surface area contributed by atoms with E-state index < -0.39 is 0 Å². The number of oxazole rings is 1. The van der Waals surface area contributed by atoms with Crippen LogP contribution in [0, 0.1) is 5.92 Å². The van der Waals surface area contributed by atoms with Gasteiger partial charge in [0.15, 0.2) is 5.58 Å². The van der Waals surface area contributed by atoms with Crippen molar-refractivity contribution < 1.29 is 13.9 Å². The number of piperidine rings is 3. The van der Waals surface area contributed by atoms with Gasteiger partial charge in [-0.1, -0.05) is 6.07 Å². The molecule has 3 fully saturated rings. The number of methoxy groups -OCH3 is 1. The van der Waals surface area contributed by atoms with Crippen molar-refractivity contribution in [3.8, 4) is 17.2 Å². The van der Waals surface area contributed by atoms with E-state index in [1.807, 2.05) is 42.5 Å². The number of fused-ring (bicyclic) bond motifs is 4. The van der Waals surface area contributed by atoms with Crippen LogP contribution in [0.1, 0.15) is 23.2 Å². The van der Waals surface area contributed by atoms with Crippen LogP contribution in [0.3, 0.4) is 0 Å². The van der Waals surface area contributed by atoms with Crippen molar-refractivity contribution in [3.63, 3.8) is 0 Å². The summed E-state index contributed by atoms with van der Waals surface area (Å²) < 4.78 is 11.2. The maximum atomic E-state index is 13.0. The van der Waals surface area contributed by atoms with Gasteiger partial charge in [0.1, 0.15) is 11.3 Å². The highest BCUT2D eigenvalue weighted by Crippen LogP contribution is 2.30. The van der Waals surface area contributed by atoms with Gasteiger partial charge in [0.2, 0.25) is 5.89 Å². The Morgan fingerprint density at radius 1 is 1.18 bits per heavy atom. The number of nitrogens with zero attached hydrogens (tertiary/aromatic N) is 2. The van der Waals surface area contributed by atoms with Crippen LogP contribution >= 0.6 is 0 Å². The van der Waals surface area contributed by atoms with Crippen LogP contribution in [0.25, 0.3) is 22.6 Å². The van der Waals surface area contributed by atoms with Crippen LogP contribution in [0.2, 0.25) is 0 Å². The minimum absolute atomic E-state index is 0.0817. The number of amides is 1. The normalized spacial score (nSPS) is 23.7. The van der Waals surface area contributed by atoms with E-state index in [1.165, 1.54) is 12.8 Å². The van der Waals surface area contributed by atoms with E-state index in [4.69, 9.17) is 9.15 Å². The predicted octanol–water partition coefficient (Wildman–Crippen LogP) is 3.33. The molecule has 6 heteroatoms. The molecule has 0 unspecified atom stereocenters. The molecule has 0 radical (unpaired) electrons. The van der Waals surface area contributed by atoms with Gasteiger partial charge in [0.05, 0.1) is 12.7 Å². The predicted molar refractivity (Wildman–Crippen MR) is 106 cm³/mol. The molecule has 1 aromatic heterocycles. The number of carbonyl (C=O) groups excluding carboxylic acids is 1. The Kier molecular flexibility index (Phi) is 4.28. The second-order valence-electron chi connectivity index (χ2n) is 7.62. The molecule has 0 saturated carbocycles. The van der Waals surface area contributed by atoms with Crippen LogP contribution in [0.4, 0.5) is 0 Å². The summed E-state index contributed by atoms with van der Waals surface area (Å²) in [4.78, 5) is 20.0. The molecule has 3 aliphatic heterocycles. The zero-order valence-corrected chi connectivity index (χ0v) is 15.9. The fourth-order valence-corrected chi connectivity index (χ4v) is 4.36. The minimum Gasteiger partial charge on any atom is -0.497 e. The molecule has 0 spiro atoms. The number of ether oxygens (including phenoxy) is 1.